The molecule has 0 N–H and O–H groups in total. The summed E-state index contributed by atoms with van der Waals surface area (Å²) in [5.74, 6) is 0.545. The number of halogens is 3. The van der Waals surface area contributed by atoms with E-state index >= 15 is 0 Å². The first-order chi connectivity index (χ1) is 8.99. The average molecular weight is 365 g/mol. The molecule has 0 bridgehead atoms. The fraction of sp³-hybridized carbons (Fsp3) is 0.500. The molecule has 2 nitrogen and oxygen atoms in total. The van der Waals surface area contributed by atoms with Gasteiger partial charge in [0, 0.05) is 28.0 Å². The minimum absolute atomic E-state index is 0.0371. The number of hydrogen-bond donors (Lipinski definition) is 0. The van der Waals surface area contributed by atoms with E-state index in [1.54, 1.807) is 12.1 Å². The van der Waals surface area contributed by atoms with Crippen molar-refractivity contribution in [2.24, 2.45) is 5.92 Å². The second-order valence-corrected chi connectivity index (χ2v) is 6.91. The lowest BCUT2D eigenvalue weighted by molar-refractivity contribution is 0.0689. The van der Waals surface area contributed by atoms with Crippen LogP contribution in [0.5, 0.6) is 0 Å². The van der Waals surface area contributed by atoms with Crippen molar-refractivity contribution >= 4 is 45.0 Å². The van der Waals surface area contributed by atoms with Gasteiger partial charge in [0.1, 0.15) is 0 Å². The molecule has 0 aliphatic carbocycles. The maximum atomic E-state index is 12.5. The van der Waals surface area contributed by atoms with Gasteiger partial charge >= 0.3 is 0 Å². The zero-order valence-electron chi connectivity index (χ0n) is 10.7. The van der Waals surface area contributed by atoms with Crippen molar-refractivity contribution in [3.05, 3.63) is 33.3 Å². The molecule has 0 saturated carbocycles. The molecular weight excluding hydrogens is 349 g/mol. The Balaban J connectivity index is 2.07. The van der Waals surface area contributed by atoms with Crippen LogP contribution in [0, 0.1) is 5.92 Å². The molecule has 19 heavy (non-hydrogen) atoms. The van der Waals surface area contributed by atoms with Crippen molar-refractivity contribution in [3.8, 4) is 0 Å². The van der Waals surface area contributed by atoms with Gasteiger partial charge in [0.2, 0.25) is 0 Å². The van der Waals surface area contributed by atoms with Gasteiger partial charge in [-0.15, -0.1) is 11.6 Å². The van der Waals surface area contributed by atoms with Crippen LogP contribution in [0.25, 0.3) is 0 Å². The first-order valence-corrected chi connectivity index (χ1v) is 7.98. The predicted molar refractivity (Wildman–Crippen MR) is 83.1 cm³/mol. The Kier molecular flexibility index (Phi) is 5.15. The minimum Gasteiger partial charge on any atom is -0.339 e. The molecule has 1 saturated heterocycles. The van der Waals surface area contributed by atoms with Gasteiger partial charge in [-0.05, 0) is 59.8 Å². The van der Waals surface area contributed by atoms with Gasteiger partial charge in [-0.25, -0.2) is 0 Å². The van der Waals surface area contributed by atoms with Gasteiger partial charge in [-0.2, -0.15) is 0 Å². The van der Waals surface area contributed by atoms with Crippen molar-refractivity contribution < 1.29 is 4.79 Å². The number of carbonyl (C=O) groups is 1. The van der Waals surface area contributed by atoms with Gasteiger partial charge in [0.15, 0.2) is 0 Å². The highest BCUT2D eigenvalue weighted by molar-refractivity contribution is 9.10. The number of rotatable bonds is 2. The van der Waals surface area contributed by atoms with E-state index in [-0.39, 0.29) is 11.3 Å². The third-order valence-corrected chi connectivity index (χ3v) is 4.92. The van der Waals surface area contributed by atoms with Gasteiger partial charge < -0.3 is 4.90 Å². The lowest BCUT2D eigenvalue weighted by Crippen LogP contribution is -2.40. The highest BCUT2D eigenvalue weighted by atomic mass is 79.9. The summed E-state index contributed by atoms with van der Waals surface area (Å²) >= 11 is 15.5. The van der Waals surface area contributed by atoms with Crippen LogP contribution < -0.4 is 0 Å². The SMILES string of the molecule is CC(Cl)C1CCN(C(=O)c2cc(Cl)ccc2Br)CC1. The lowest BCUT2D eigenvalue weighted by Gasteiger charge is -2.33. The lowest BCUT2D eigenvalue weighted by atomic mass is 9.93. The maximum Gasteiger partial charge on any atom is 0.255 e. The number of alkyl halides is 1. The third-order valence-electron chi connectivity index (χ3n) is 3.64. The monoisotopic (exact) mass is 363 g/mol. The second-order valence-electron chi connectivity index (χ2n) is 4.93. The van der Waals surface area contributed by atoms with Crippen LogP contribution >= 0.6 is 39.1 Å². The third kappa shape index (κ3) is 3.65. The van der Waals surface area contributed by atoms with Crippen LogP contribution in [-0.4, -0.2) is 29.3 Å². The molecule has 1 aromatic rings. The van der Waals surface area contributed by atoms with Crippen LogP contribution in [0.4, 0.5) is 0 Å². The average Bonchev–Trinajstić information content (AvgIpc) is 2.41. The fourth-order valence-electron chi connectivity index (χ4n) is 2.39. The van der Waals surface area contributed by atoms with Crippen LogP contribution in [0.15, 0.2) is 22.7 Å². The van der Waals surface area contributed by atoms with E-state index in [1.807, 2.05) is 17.9 Å². The van der Waals surface area contributed by atoms with E-state index in [0.29, 0.717) is 16.5 Å². The molecule has 1 aliphatic heterocycles. The zero-order valence-corrected chi connectivity index (χ0v) is 13.8. The number of benzene rings is 1. The van der Waals surface area contributed by atoms with Crippen LogP contribution in [0.3, 0.4) is 0 Å². The second kappa shape index (κ2) is 6.47. The van der Waals surface area contributed by atoms with E-state index in [2.05, 4.69) is 15.9 Å². The van der Waals surface area contributed by atoms with E-state index in [4.69, 9.17) is 23.2 Å². The van der Waals surface area contributed by atoms with Crippen molar-refractivity contribution in [3.63, 3.8) is 0 Å². The number of likely N-dealkylation sites (tertiary alicyclic amines) is 1. The molecule has 2 rings (SSSR count). The highest BCUT2D eigenvalue weighted by Gasteiger charge is 2.26. The first-order valence-electron chi connectivity index (χ1n) is 6.37. The summed E-state index contributed by atoms with van der Waals surface area (Å²) in [6, 6.07) is 5.29. The Labute approximate surface area is 132 Å². The van der Waals surface area contributed by atoms with Crippen molar-refractivity contribution in [1.82, 2.24) is 4.90 Å². The zero-order chi connectivity index (χ0) is 14.0. The summed E-state index contributed by atoms with van der Waals surface area (Å²) in [5, 5.41) is 0.756. The van der Waals surface area contributed by atoms with E-state index < -0.39 is 0 Å². The molecule has 0 spiro atoms. The summed E-state index contributed by atoms with van der Waals surface area (Å²) < 4.78 is 0.787. The Morgan fingerprint density at radius 2 is 2.05 bits per heavy atom. The van der Waals surface area contributed by atoms with E-state index in [0.717, 1.165) is 30.4 Å². The number of piperidine rings is 1. The quantitative estimate of drug-likeness (QED) is 0.703. The topological polar surface area (TPSA) is 20.3 Å². The number of carbonyl (C=O) groups excluding carboxylic acids is 1. The van der Waals surface area contributed by atoms with Crippen LogP contribution in [-0.2, 0) is 0 Å². The number of hydrogen-bond acceptors (Lipinski definition) is 1. The van der Waals surface area contributed by atoms with E-state index in [1.165, 1.54) is 0 Å². The molecule has 1 atom stereocenters. The normalized spacial score (nSPS) is 18.4. The summed E-state index contributed by atoms with van der Waals surface area (Å²) in [7, 11) is 0. The predicted octanol–water partition coefficient (Wildman–Crippen LogP) is 4.58. The summed E-state index contributed by atoms with van der Waals surface area (Å²) in [6.45, 7) is 3.55. The smallest absolute Gasteiger partial charge is 0.255 e. The minimum atomic E-state index is 0.0371. The molecule has 0 aromatic heterocycles. The van der Waals surface area contributed by atoms with Gasteiger partial charge in [0.25, 0.3) is 5.91 Å². The summed E-state index contributed by atoms with van der Waals surface area (Å²) in [5.41, 5.74) is 0.630. The molecule has 104 valence electrons. The van der Waals surface area contributed by atoms with Gasteiger partial charge in [-0.1, -0.05) is 11.6 Å². The summed E-state index contributed by atoms with van der Waals surface area (Å²) in [6.07, 6.45) is 1.93. The standard InChI is InChI=1S/C14H16BrCl2NO/c1-9(16)10-4-6-18(7-5-10)14(19)12-8-11(17)2-3-13(12)15/h2-3,8-10H,4-7H2,1H3. The Hall–Kier alpha value is -0.250. The largest absolute Gasteiger partial charge is 0.339 e. The van der Waals surface area contributed by atoms with Crippen molar-refractivity contribution in [2.75, 3.05) is 13.1 Å². The molecule has 5 heteroatoms. The van der Waals surface area contributed by atoms with Gasteiger partial charge in [0.05, 0.1) is 5.56 Å². The summed E-state index contributed by atoms with van der Waals surface area (Å²) in [4.78, 5) is 14.3. The highest BCUT2D eigenvalue weighted by Crippen LogP contribution is 2.27. The first kappa shape index (κ1) is 15.1. The number of nitrogens with zero attached hydrogens (tertiary/aromatic N) is 1. The molecule has 1 aromatic carbocycles. The number of amides is 1. The molecule has 1 heterocycles. The molecule has 1 aliphatic rings. The molecule has 1 fully saturated rings. The molecular formula is C14H16BrCl2NO. The molecule has 1 amide bonds. The van der Waals surface area contributed by atoms with Crippen LogP contribution in [0.2, 0.25) is 5.02 Å². The Morgan fingerprint density at radius 3 is 2.63 bits per heavy atom. The van der Waals surface area contributed by atoms with Crippen molar-refractivity contribution in [1.29, 1.82) is 0 Å². The molecule has 1 unspecified atom stereocenters. The van der Waals surface area contributed by atoms with E-state index in [9.17, 15) is 4.79 Å². The Morgan fingerprint density at radius 1 is 1.42 bits per heavy atom. The maximum absolute atomic E-state index is 12.5. The Bertz CT molecular complexity index is 471. The van der Waals surface area contributed by atoms with Crippen LogP contribution in [0.1, 0.15) is 30.1 Å². The fourth-order valence-corrected chi connectivity index (χ4v) is 3.23. The van der Waals surface area contributed by atoms with Crippen molar-refractivity contribution in [2.45, 2.75) is 25.1 Å². The van der Waals surface area contributed by atoms with Gasteiger partial charge in [-0.3, -0.25) is 4.79 Å². The molecule has 0 radical (unpaired) electrons.